The number of benzene rings is 1. The topological polar surface area (TPSA) is 51.8 Å². The monoisotopic (exact) mass is 255 g/mol. The highest BCUT2D eigenvalue weighted by molar-refractivity contribution is 7.99. The van der Waals surface area contributed by atoms with E-state index in [2.05, 4.69) is 9.97 Å². The third-order valence-corrected chi connectivity index (χ3v) is 3.00. The van der Waals surface area contributed by atoms with Gasteiger partial charge < -0.3 is 5.73 Å². The van der Waals surface area contributed by atoms with Gasteiger partial charge in [0.1, 0.15) is 5.03 Å². The first-order valence-corrected chi connectivity index (χ1v) is 5.56. The average Bonchev–Trinajstić information content (AvgIpc) is 2.27. The van der Waals surface area contributed by atoms with Crippen molar-refractivity contribution < 1.29 is 4.39 Å². The molecule has 0 unspecified atom stereocenters. The van der Waals surface area contributed by atoms with Crippen molar-refractivity contribution >= 4 is 29.3 Å². The Labute approximate surface area is 101 Å². The number of nitrogens with zero attached hydrogens (tertiary/aromatic N) is 2. The molecule has 82 valence electrons. The fraction of sp³-hybridized carbons (Fsp3) is 0. The van der Waals surface area contributed by atoms with Crippen molar-refractivity contribution in [3.63, 3.8) is 0 Å². The molecule has 6 heteroatoms. The molecule has 2 N–H and O–H groups in total. The minimum atomic E-state index is -0.492. The van der Waals surface area contributed by atoms with Gasteiger partial charge >= 0.3 is 0 Å². The van der Waals surface area contributed by atoms with Crippen molar-refractivity contribution in [2.75, 3.05) is 5.73 Å². The van der Waals surface area contributed by atoms with Crippen molar-refractivity contribution in [2.45, 2.75) is 9.92 Å². The van der Waals surface area contributed by atoms with E-state index in [4.69, 9.17) is 17.3 Å². The zero-order valence-electron chi connectivity index (χ0n) is 8.02. The van der Waals surface area contributed by atoms with Crippen LogP contribution < -0.4 is 5.73 Å². The summed E-state index contributed by atoms with van der Waals surface area (Å²) in [5.41, 5.74) is 5.38. The van der Waals surface area contributed by atoms with Crippen LogP contribution in [0.1, 0.15) is 0 Å². The third-order valence-electron chi connectivity index (χ3n) is 1.76. The summed E-state index contributed by atoms with van der Waals surface area (Å²) in [6.45, 7) is 0. The maximum absolute atomic E-state index is 13.3. The minimum Gasteiger partial charge on any atom is -0.368 e. The molecule has 0 bridgehead atoms. The van der Waals surface area contributed by atoms with Crippen molar-refractivity contribution in [3.05, 3.63) is 41.3 Å². The molecular weight excluding hydrogens is 249 g/mol. The number of halogens is 2. The van der Waals surface area contributed by atoms with E-state index in [9.17, 15) is 4.39 Å². The Kier molecular flexibility index (Phi) is 3.26. The van der Waals surface area contributed by atoms with Crippen LogP contribution in [0.5, 0.6) is 0 Å². The molecule has 1 aromatic carbocycles. The summed E-state index contributed by atoms with van der Waals surface area (Å²) in [4.78, 5) is 8.20. The quantitative estimate of drug-likeness (QED) is 0.838. The summed E-state index contributed by atoms with van der Waals surface area (Å²) in [6.07, 6.45) is 1.06. The molecule has 0 aliphatic heterocycles. The van der Waals surface area contributed by atoms with E-state index in [1.165, 1.54) is 11.8 Å². The van der Waals surface area contributed by atoms with E-state index in [0.717, 1.165) is 11.1 Å². The van der Waals surface area contributed by atoms with E-state index in [-0.39, 0.29) is 11.0 Å². The second kappa shape index (κ2) is 4.67. The molecule has 0 saturated carbocycles. The highest BCUT2D eigenvalue weighted by Gasteiger charge is 2.07. The van der Waals surface area contributed by atoms with Crippen LogP contribution in [-0.2, 0) is 0 Å². The molecule has 3 nitrogen and oxygen atoms in total. The lowest BCUT2D eigenvalue weighted by atomic mass is 10.4. The van der Waals surface area contributed by atoms with E-state index in [1.54, 1.807) is 24.3 Å². The predicted molar refractivity (Wildman–Crippen MR) is 62.0 cm³/mol. The van der Waals surface area contributed by atoms with Crippen LogP contribution in [0.2, 0.25) is 5.02 Å². The lowest BCUT2D eigenvalue weighted by Gasteiger charge is -2.02. The minimum absolute atomic E-state index is 0.0536. The average molecular weight is 256 g/mol. The van der Waals surface area contributed by atoms with Crippen molar-refractivity contribution in [2.24, 2.45) is 0 Å². The third kappa shape index (κ3) is 2.62. The Balaban J connectivity index is 2.26. The van der Waals surface area contributed by atoms with Crippen LogP contribution in [0.3, 0.4) is 0 Å². The lowest BCUT2D eigenvalue weighted by molar-refractivity contribution is 0.580. The summed E-state index contributed by atoms with van der Waals surface area (Å²) >= 11 is 6.91. The van der Waals surface area contributed by atoms with Crippen LogP contribution in [0.15, 0.2) is 40.4 Å². The van der Waals surface area contributed by atoms with Gasteiger partial charge in [0, 0.05) is 9.92 Å². The lowest BCUT2D eigenvalue weighted by Crippen LogP contribution is -1.97. The van der Waals surface area contributed by atoms with Crippen molar-refractivity contribution in [1.29, 1.82) is 0 Å². The number of hydrogen-bond acceptors (Lipinski definition) is 4. The molecule has 0 radical (unpaired) electrons. The van der Waals surface area contributed by atoms with Crippen LogP contribution in [-0.4, -0.2) is 9.97 Å². The number of nitrogens with two attached hydrogens (primary N) is 1. The van der Waals surface area contributed by atoms with Gasteiger partial charge in [-0.05, 0) is 24.3 Å². The first kappa shape index (κ1) is 11.2. The van der Waals surface area contributed by atoms with E-state index in [1.807, 2.05) is 0 Å². The van der Waals surface area contributed by atoms with Gasteiger partial charge in [-0.25, -0.2) is 14.4 Å². The highest BCUT2D eigenvalue weighted by atomic mass is 35.5. The molecule has 0 fully saturated rings. The SMILES string of the molecule is Nc1ncc(F)c(Sc2ccc(Cl)cc2)n1. The largest absolute Gasteiger partial charge is 0.368 e. The standard InChI is InChI=1S/C10H7ClFN3S/c11-6-1-3-7(4-2-6)16-9-8(12)5-14-10(13)15-9/h1-5H,(H2,13,14,15). The van der Waals surface area contributed by atoms with Gasteiger partial charge in [-0.3, -0.25) is 0 Å². The van der Waals surface area contributed by atoms with Gasteiger partial charge in [0.25, 0.3) is 0 Å². The fourth-order valence-electron chi connectivity index (χ4n) is 1.05. The van der Waals surface area contributed by atoms with E-state index < -0.39 is 5.82 Å². The summed E-state index contributed by atoms with van der Waals surface area (Å²) in [5, 5.41) is 0.835. The molecule has 0 saturated heterocycles. The highest BCUT2D eigenvalue weighted by Crippen LogP contribution is 2.28. The van der Waals surface area contributed by atoms with Gasteiger partial charge in [0.2, 0.25) is 5.95 Å². The molecule has 0 aliphatic carbocycles. The second-order valence-electron chi connectivity index (χ2n) is 2.94. The number of anilines is 1. The Morgan fingerprint density at radius 2 is 1.94 bits per heavy atom. The molecule has 0 spiro atoms. The molecule has 1 aromatic heterocycles. The Morgan fingerprint density at radius 3 is 2.62 bits per heavy atom. The molecule has 2 aromatic rings. The number of rotatable bonds is 2. The maximum atomic E-state index is 13.3. The maximum Gasteiger partial charge on any atom is 0.221 e. The molecule has 0 aliphatic rings. The van der Waals surface area contributed by atoms with Crippen LogP contribution in [0.4, 0.5) is 10.3 Å². The summed E-state index contributed by atoms with van der Waals surface area (Å²) < 4.78 is 13.3. The Bertz CT molecular complexity index is 504. The number of nitrogen functional groups attached to an aromatic ring is 1. The van der Waals surface area contributed by atoms with Gasteiger partial charge in [0.05, 0.1) is 6.20 Å². The van der Waals surface area contributed by atoms with Crippen molar-refractivity contribution in [3.8, 4) is 0 Å². The molecule has 0 atom stereocenters. The van der Waals surface area contributed by atoms with Crippen LogP contribution in [0, 0.1) is 5.82 Å². The van der Waals surface area contributed by atoms with Crippen LogP contribution >= 0.6 is 23.4 Å². The summed E-state index contributed by atoms with van der Waals surface area (Å²) in [5.74, 6) is -0.438. The zero-order chi connectivity index (χ0) is 11.5. The Hall–Kier alpha value is -1.33. The summed E-state index contributed by atoms with van der Waals surface area (Å²) in [6, 6.07) is 7.02. The molecular formula is C10H7ClFN3S. The Morgan fingerprint density at radius 1 is 1.25 bits per heavy atom. The van der Waals surface area contributed by atoms with E-state index >= 15 is 0 Å². The zero-order valence-corrected chi connectivity index (χ0v) is 9.60. The molecule has 1 heterocycles. The molecule has 16 heavy (non-hydrogen) atoms. The van der Waals surface area contributed by atoms with Crippen molar-refractivity contribution in [1.82, 2.24) is 9.97 Å². The van der Waals surface area contributed by atoms with Gasteiger partial charge in [-0.1, -0.05) is 23.4 Å². The predicted octanol–water partition coefficient (Wildman–Crippen LogP) is 3.00. The number of aromatic nitrogens is 2. The van der Waals surface area contributed by atoms with Crippen LogP contribution in [0.25, 0.3) is 0 Å². The second-order valence-corrected chi connectivity index (χ2v) is 4.44. The van der Waals surface area contributed by atoms with Gasteiger partial charge in [-0.15, -0.1) is 0 Å². The molecule has 2 rings (SSSR count). The number of hydrogen-bond donors (Lipinski definition) is 1. The molecule has 0 amide bonds. The normalized spacial score (nSPS) is 10.4. The summed E-state index contributed by atoms with van der Waals surface area (Å²) in [7, 11) is 0. The van der Waals surface area contributed by atoms with Gasteiger partial charge in [-0.2, -0.15) is 0 Å². The van der Waals surface area contributed by atoms with Gasteiger partial charge in [0.15, 0.2) is 5.82 Å². The van der Waals surface area contributed by atoms with E-state index in [0.29, 0.717) is 5.02 Å². The first-order valence-electron chi connectivity index (χ1n) is 4.36. The first-order chi connectivity index (χ1) is 7.65. The smallest absolute Gasteiger partial charge is 0.221 e. The fourth-order valence-corrected chi connectivity index (χ4v) is 1.96.